The first-order valence-corrected chi connectivity index (χ1v) is 11.7. The maximum atomic E-state index is 11.7. The molecule has 0 bridgehead atoms. The molecule has 1 aromatic heterocycles. The van der Waals surface area contributed by atoms with Gasteiger partial charge in [-0.1, -0.05) is 41.6 Å². The fourth-order valence-electron chi connectivity index (χ4n) is 3.83. The van der Waals surface area contributed by atoms with Crippen molar-refractivity contribution in [2.24, 2.45) is 5.92 Å². The monoisotopic (exact) mass is 455 g/mol. The van der Waals surface area contributed by atoms with E-state index in [9.17, 15) is 4.79 Å². The maximum absolute atomic E-state index is 11.7. The fraction of sp³-hybridized carbons (Fsp3) is 0.364. The smallest absolute Gasteiger partial charge is 0.224 e. The van der Waals surface area contributed by atoms with Crippen LogP contribution in [-0.2, 0) is 22.7 Å². The molecule has 1 aliphatic heterocycles. The molecule has 9 heteroatoms. The number of hydrogen-bond acceptors (Lipinski definition) is 7. The molecule has 0 spiro atoms. The van der Waals surface area contributed by atoms with Crippen LogP contribution in [0.15, 0.2) is 29.4 Å². The zero-order valence-corrected chi connectivity index (χ0v) is 18.4. The molecule has 1 aliphatic carbocycles. The van der Waals surface area contributed by atoms with Gasteiger partial charge in [0.2, 0.25) is 11.9 Å². The number of thioether (sulfide) groups is 1. The number of benzene rings is 2. The number of nitrogens with one attached hydrogen (secondary N) is 1. The minimum atomic E-state index is 0.161. The molecule has 5 rings (SSSR count). The number of rotatable bonds is 7. The molecule has 7 nitrogen and oxygen atoms in total. The number of ether oxygens (including phenoxy) is 1. The summed E-state index contributed by atoms with van der Waals surface area (Å²) in [6, 6.07) is 8.02. The minimum absolute atomic E-state index is 0.161. The van der Waals surface area contributed by atoms with Crippen LogP contribution in [0.4, 0.5) is 5.95 Å². The van der Waals surface area contributed by atoms with Crippen LogP contribution in [0, 0.1) is 5.92 Å². The number of nitrogen functional groups attached to an aromatic ring is 1. The lowest BCUT2D eigenvalue weighted by molar-refractivity contribution is -0.122. The van der Waals surface area contributed by atoms with Gasteiger partial charge in [-0.2, -0.15) is 9.97 Å². The van der Waals surface area contributed by atoms with Crippen LogP contribution < -0.4 is 11.1 Å². The Morgan fingerprint density at radius 1 is 1.23 bits per heavy atom. The van der Waals surface area contributed by atoms with Crippen molar-refractivity contribution in [3.8, 4) is 11.4 Å². The lowest BCUT2D eigenvalue weighted by atomic mass is 9.94. The fourth-order valence-corrected chi connectivity index (χ4v) is 4.93. The number of anilines is 1. The van der Waals surface area contributed by atoms with Crippen LogP contribution in [0.2, 0.25) is 5.02 Å². The summed E-state index contributed by atoms with van der Waals surface area (Å²) in [5, 5.41) is 6.23. The lowest BCUT2D eigenvalue weighted by Gasteiger charge is -2.20. The summed E-state index contributed by atoms with van der Waals surface area (Å²) in [7, 11) is 0. The van der Waals surface area contributed by atoms with E-state index in [1.165, 1.54) is 11.8 Å². The molecule has 31 heavy (non-hydrogen) atoms. The summed E-state index contributed by atoms with van der Waals surface area (Å²) in [5.74, 6) is 1.80. The van der Waals surface area contributed by atoms with Crippen molar-refractivity contribution in [2.75, 3.05) is 18.0 Å². The molecule has 3 aromatic rings. The number of carbonyl (C=O) groups is 1. The first kappa shape index (κ1) is 20.5. The quantitative estimate of drug-likeness (QED) is 0.410. The van der Waals surface area contributed by atoms with E-state index in [4.69, 9.17) is 22.1 Å². The van der Waals surface area contributed by atoms with Crippen LogP contribution in [0.25, 0.3) is 22.2 Å². The van der Waals surface area contributed by atoms with Crippen molar-refractivity contribution in [2.45, 2.75) is 37.6 Å². The van der Waals surface area contributed by atoms with Crippen molar-refractivity contribution in [3.05, 3.63) is 40.4 Å². The van der Waals surface area contributed by atoms with E-state index < -0.39 is 0 Å². The number of amides is 1. The second-order valence-corrected chi connectivity index (χ2v) is 9.26. The lowest BCUT2D eigenvalue weighted by Crippen LogP contribution is -2.26. The SMILES string of the molecule is Nc1nc(SCCCNC(=O)C2CC2)nc(-c2c(Cl)cc3c4c(cccc24)COC3)n1. The van der Waals surface area contributed by atoms with E-state index >= 15 is 0 Å². The standard InChI is InChI=1S/C22H22ClN5O2S/c23-16-9-14-11-30-10-13-3-1-4-15(17(13)14)18(16)19-26-21(24)28-22(27-19)31-8-2-7-25-20(29)12-5-6-12/h1,3-4,9,12H,2,5-8,10-11H2,(H,25,29)(H2,24,26,27,28). The van der Waals surface area contributed by atoms with Crippen molar-refractivity contribution in [1.29, 1.82) is 0 Å². The highest BCUT2D eigenvalue weighted by Gasteiger charge is 2.29. The molecule has 2 heterocycles. The van der Waals surface area contributed by atoms with Crippen molar-refractivity contribution in [1.82, 2.24) is 20.3 Å². The number of nitrogens with zero attached hydrogens (tertiary/aromatic N) is 3. The molecule has 160 valence electrons. The predicted octanol–water partition coefficient (Wildman–Crippen LogP) is 3.97. The zero-order chi connectivity index (χ0) is 21.4. The van der Waals surface area contributed by atoms with Gasteiger partial charge in [0.15, 0.2) is 11.0 Å². The maximum Gasteiger partial charge on any atom is 0.224 e. The molecule has 1 fully saturated rings. The van der Waals surface area contributed by atoms with Crippen molar-refractivity contribution < 1.29 is 9.53 Å². The summed E-state index contributed by atoms with van der Waals surface area (Å²) in [6.45, 7) is 1.76. The number of nitrogens with two attached hydrogens (primary N) is 1. The number of hydrogen-bond donors (Lipinski definition) is 2. The minimum Gasteiger partial charge on any atom is -0.372 e. The zero-order valence-electron chi connectivity index (χ0n) is 16.9. The molecule has 0 saturated heterocycles. The van der Waals surface area contributed by atoms with Gasteiger partial charge in [-0.25, -0.2) is 4.98 Å². The van der Waals surface area contributed by atoms with Gasteiger partial charge in [0.05, 0.1) is 18.2 Å². The molecule has 1 saturated carbocycles. The van der Waals surface area contributed by atoms with Crippen molar-refractivity contribution in [3.63, 3.8) is 0 Å². The highest BCUT2D eigenvalue weighted by Crippen LogP contribution is 2.39. The summed E-state index contributed by atoms with van der Waals surface area (Å²) >= 11 is 8.16. The first-order valence-electron chi connectivity index (χ1n) is 10.3. The molecule has 1 amide bonds. The van der Waals surface area contributed by atoms with Gasteiger partial charge >= 0.3 is 0 Å². The summed E-state index contributed by atoms with van der Waals surface area (Å²) in [6.07, 6.45) is 2.85. The van der Waals surface area contributed by atoms with Gasteiger partial charge in [0.25, 0.3) is 0 Å². The molecule has 3 N–H and O–H groups in total. The van der Waals surface area contributed by atoms with Gasteiger partial charge in [0.1, 0.15) is 0 Å². The number of halogens is 1. The number of carbonyl (C=O) groups excluding carboxylic acids is 1. The Morgan fingerprint density at radius 3 is 2.90 bits per heavy atom. The van der Waals surface area contributed by atoms with Gasteiger partial charge in [-0.05, 0) is 47.2 Å². The second-order valence-electron chi connectivity index (χ2n) is 7.79. The predicted molar refractivity (Wildman–Crippen MR) is 122 cm³/mol. The Kier molecular flexibility index (Phi) is 5.69. The van der Waals surface area contributed by atoms with Crippen molar-refractivity contribution >= 4 is 46.0 Å². The molecule has 2 aromatic carbocycles. The van der Waals surface area contributed by atoms with Gasteiger partial charge in [0, 0.05) is 23.8 Å². The third-order valence-corrected chi connectivity index (χ3v) is 6.68. The molecule has 0 atom stereocenters. The Hall–Kier alpha value is -2.42. The first-order chi connectivity index (χ1) is 15.1. The Balaban J connectivity index is 1.38. The largest absolute Gasteiger partial charge is 0.372 e. The second kappa shape index (κ2) is 8.61. The average molecular weight is 456 g/mol. The average Bonchev–Trinajstić information content (AvgIpc) is 3.59. The van der Waals surface area contributed by atoms with Crippen LogP contribution in [0.1, 0.15) is 30.4 Å². The Bertz CT molecular complexity index is 1170. The van der Waals surface area contributed by atoms with Crippen LogP contribution in [0.5, 0.6) is 0 Å². The third-order valence-electron chi connectivity index (χ3n) is 5.45. The molecule has 0 radical (unpaired) electrons. The normalized spacial score (nSPS) is 15.3. The highest BCUT2D eigenvalue weighted by atomic mass is 35.5. The van der Waals surface area contributed by atoms with E-state index in [2.05, 4.69) is 26.3 Å². The van der Waals surface area contributed by atoms with Crippen LogP contribution in [0.3, 0.4) is 0 Å². The molecular weight excluding hydrogens is 434 g/mol. The summed E-state index contributed by atoms with van der Waals surface area (Å²) < 4.78 is 5.67. The van der Waals surface area contributed by atoms with E-state index in [1.807, 2.05) is 18.2 Å². The van der Waals surface area contributed by atoms with E-state index in [0.717, 1.165) is 52.5 Å². The van der Waals surface area contributed by atoms with Gasteiger partial charge in [-0.3, -0.25) is 4.79 Å². The van der Waals surface area contributed by atoms with E-state index in [1.54, 1.807) is 0 Å². The van der Waals surface area contributed by atoms with Crippen LogP contribution >= 0.6 is 23.4 Å². The molecular formula is C22H22ClN5O2S. The van der Waals surface area contributed by atoms with E-state index in [-0.39, 0.29) is 17.8 Å². The Labute approximate surface area is 189 Å². The Morgan fingerprint density at radius 2 is 2.06 bits per heavy atom. The van der Waals surface area contributed by atoms with Gasteiger partial charge < -0.3 is 15.8 Å². The number of aromatic nitrogens is 3. The summed E-state index contributed by atoms with van der Waals surface area (Å²) in [4.78, 5) is 25.0. The van der Waals surface area contributed by atoms with Crippen LogP contribution in [-0.4, -0.2) is 33.2 Å². The van der Waals surface area contributed by atoms with Gasteiger partial charge in [-0.15, -0.1) is 0 Å². The summed E-state index contributed by atoms with van der Waals surface area (Å²) in [5.41, 5.74) is 8.96. The third kappa shape index (κ3) is 4.33. The topological polar surface area (TPSA) is 103 Å². The highest BCUT2D eigenvalue weighted by molar-refractivity contribution is 7.99. The van der Waals surface area contributed by atoms with E-state index in [0.29, 0.717) is 35.8 Å². The molecule has 2 aliphatic rings. The molecule has 0 unspecified atom stereocenters.